The average molecular weight is 259 g/mol. The number of benzene rings is 1. The highest BCUT2D eigenvalue weighted by molar-refractivity contribution is 6.20. The van der Waals surface area contributed by atoms with Crippen LogP contribution in [0, 0.1) is 0 Å². The molecule has 0 radical (unpaired) electrons. The van der Waals surface area contributed by atoms with Crippen LogP contribution in [0.2, 0.25) is 0 Å². The van der Waals surface area contributed by atoms with E-state index in [0.717, 1.165) is 5.56 Å². The van der Waals surface area contributed by atoms with Crippen LogP contribution in [0.25, 0.3) is 6.08 Å². The van der Waals surface area contributed by atoms with Crippen LogP contribution in [0.3, 0.4) is 0 Å². The van der Waals surface area contributed by atoms with Crippen molar-refractivity contribution >= 4 is 18.0 Å². The fraction of sp³-hybridized carbons (Fsp3) is 0.143. The first-order chi connectivity index (χ1) is 9.13. The molecule has 2 N–H and O–H groups in total. The van der Waals surface area contributed by atoms with Crippen molar-refractivity contribution in [3.63, 3.8) is 0 Å². The van der Waals surface area contributed by atoms with Crippen molar-refractivity contribution in [1.29, 1.82) is 0 Å². The molecule has 1 aromatic carbocycles. The topological polar surface area (TPSA) is 75.6 Å². The lowest BCUT2D eigenvalue weighted by Crippen LogP contribution is -2.21. The predicted octanol–water partition coefficient (Wildman–Crippen LogP) is 1.53. The van der Waals surface area contributed by atoms with E-state index in [1.54, 1.807) is 13.0 Å². The van der Waals surface area contributed by atoms with Crippen molar-refractivity contribution in [2.75, 3.05) is 6.61 Å². The third kappa shape index (κ3) is 2.65. The summed E-state index contributed by atoms with van der Waals surface area (Å²) < 4.78 is 4.72. The lowest BCUT2D eigenvalue weighted by Gasteiger charge is -1.99. The van der Waals surface area contributed by atoms with Crippen molar-refractivity contribution in [2.24, 2.45) is 0 Å². The number of esters is 1. The van der Waals surface area contributed by atoms with E-state index < -0.39 is 11.9 Å². The maximum Gasteiger partial charge on any atom is 0.347 e. The van der Waals surface area contributed by atoms with E-state index in [1.165, 1.54) is 0 Å². The Morgan fingerprint density at radius 1 is 1.37 bits per heavy atom. The molecule has 1 aromatic rings. The molecule has 0 aromatic heterocycles. The first-order valence-corrected chi connectivity index (χ1v) is 5.82. The molecule has 5 heteroatoms. The van der Waals surface area contributed by atoms with Crippen LogP contribution in [0.4, 0.5) is 0 Å². The number of aliphatic hydroxyl groups excluding tert-OH is 1. The summed E-state index contributed by atoms with van der Waals surface area (Å²) in [4.78, 5) is 23.2. The Bertz CT molecular complexity index is 572. The highest BCUT2D eigenvalue weighted by Gasteiger charge is 2.33. The SMILES string of the molecule is CCOC(=O)C1=C(O)C(=Cc2ccccc2)NC1=O. The smallest absolute Gasteiger partial charge is 0.347 e. The van der Waals surface area contributed by atoms with Crippen LogP contribution in [-0.4, -0.2) is 23.6 Å². The summed E-state index contributed by atoms with van der Waals surface area (Å²) in [5.41, 5.74) is 0.637. The lowest BCUT2D eigenvalue weighted by atomic mass is 10.1. The largest absolute Gasteiger partial charge is 0.505 e. The second kappa shape index (κ2) is 5.39. The van der Waals surface area contributed by atoms with E-state index >= 15 is 0 Å². The van der Waals surface area contributed by atoms with Gasteiger partial charge in [0.05, 0.1) is 12.3 Å². The van der Waals surface area contributed by atoms with Gasteiger partial charge >= 0.3 is 5.97 Å². The zero-order chi connectivity index (χ0) is 13.8. The summed E-state index contributed by atoms with van der Waals surface area (Å²) >= 11 is 0. The van der Waals surface area contributed by atoms with E-state index in [-0.39, 0.29) is 23.6 Å². The van der Waals surface area contributed by atoms with Gasteiger partial charge in [0, 0.05) is 0 Å². The van der Waals surface area contributed by atoms with E-state index in [1.807, 2.05) is 30.3 Å². The number of aliphatic hydroxyl groups is 1. The molecule has 0 bridgehead atoms. The molecule has 0 aliphatic carbocycles. The Balaban J connectivity index is 2.33. The number of hydrogen-bond acceptors (Lipinski definition) is 4. The minimum atomic E-state index is -0.825. The van der Waals surface area contributed by atoms with Crippen molar-refractivity contribution in [2.45, 2.75) is 6.92 Å². The van der Waals surface area contributed by atoms with E-state index in [2.05, 4.69) is 5.32 Å². The van der Waals surface area contributed by atoms with Crippen LogP contribution < -0.4 is 5.32 Å². The third-order valence-electron chi connectivity index (χ3n) is 2.56. The molecule has 1 heterocycles. The molecule has 0 atom stereocenters. The van der Waals surface area contributed by atoms with Gasteiger partial charge in [-0.15, -0.1) is 0 Å². The summed E-state index contributed by atoms with van der Waals surface area (Å²) in [5.74, 6) is -1.86. The minimum Gasteiger partial charge on any atom is -0.505 e. The monoisotopic (exact) mass is 259 g/mol. The number of carbonyl (C=O) groups excluding carboxylic acids is 2. The van der Waals surface area contributed by atoms with E-state index in [0.29, 0.717) is 0 Å². The van der Waals surface area contributed by atoms with Gasteiger partial charge in [-0.3, -0.25) is 4.79 Å². The van der Waals surface area contributed by atoms with Crippen LogP contribution >= 0.6 is 0 Å². The van der Waals surface area contributed by atoms with Crippen molar-refractivity contribution in [3.05, 3.63) is 52.9 Å². The standard InChI is InChI=1S/C14H13NO4/c1-2-19-14(18)11-12(16)10(15-13(11)17)8-9-6-4-3-5-7-9/h3-8,16H,2H2,1H3,(H,15,17). The van der Waals surface area contributed by atoms with Crippen molar-refractivity contribution in [3.8, 4) is 0 Å². The molecule has 5 nitrogen and oxygen atoms in total. The summed E-state index contributed by atoms with van der Waals surface area (Å²) in [5, 5.41) is 12.3. The summed E-state index contributed by atoms with van der Waals surface area (Å²) in [6.07, 6.45) is 1.58. The lowest BCUT2D eigenvalue weighted by molar-refractivity contribution is -0.140. The fourth-order valence-electron chi connectivity index (χ4n) is 1.70. The van der Waals surface area contributed by atoms with Crippen LogP contribution in [0.15, 0.2) is 47.4 Å². The van der Waals surface area contributed by atoms with Gasteiger partial charge in [0.15, 0.2) is 11.3 Å². The molecule has 0 saturated heterocycles. The molecule has 2 rings (SSSR count). The molecule has 0 saturated carbocycles. The Labute approximate surface area is 110 Å². The molecule has 1 amide bonds. The molecule has 19 heavy (non-hydrogen) atoms. The number of rotatable bonds is 3. The van der Waals surface area contributed by atoms with Crippen LogP contribution in [-0.2, 0) is 14.3 Å². The molecule has 1 aliphatic rings. The van der Waals surface area contributed by atoms with Crippen molar-refractivity contribution in [1.82, 2.24) is 5.32 Å². The quantitative estimate of drug-likeness (QED) is 0.637. The molecular formula is C14H13NO4. The van der Waals surface area contributed by atoms with Crippen molar-refractivity contribution < 1.29 is 19.4 Å². The van der Waals surface area contributed by atoms with Gasteiger partial charge in [-0.1, -0.05) is 30.3 Å². The molecular weight excluding hydrogens is 246 g/mol. The minimum absolute atomic E-state index is 0.140. The number of nitrogens with one attached hydrogen (secondary N) is 1. The maximum atomic E-state index is 11.6. The van der Waals surface area contributed by atoms with Gasteiger partial charge in [0.2, 0.25) is 0 Å². The normalized spacial score (nSPS) is 16.7. The maximum absolute atomic E-state index is 11.6. The molecule has 1 aliphatic heterocycles. The highest BCUT2D eigenvalue weighted by Crippen LogP contribution is 2.21. The molecule has 0 unspecified atom stereocenters. The first kappa shape index (κ1) is 12.9. The van der Waals surface area contributed by atoms with Gasteiger partial charge in [0.1, 0.15) is 0 Å². The number of hydrogen-bond donors (Lipinski definition) is 2. The van der Waals surface area contributed by atoms with E-state index in [9.17, 15) is 14.7 Å². The zero-order valence-electron chi connectivity index (χ0n) is 10.3. The van der Waals surface area contributed by atoms with Gasteiger partial charge < -0.3 is 15.2 Å². The van der Waals surface area contributed by atoms with Gasteiger partial charge in [0.25, 0.3) is 5.91 Å². The summed E-state index contributed by atoms with van der Waals surface area (Å²) in [6, 6.07) is 9.14. The molecule has 0 fully saturated rings. The summed E-state index contributed by atoms with van der Waals surface area (Å²) in [6.45, 7) is 1.77. The van der Waals surface area contributed by atoms with Gasteiger partial charge in [-0.05, 0) is 18.6 Å². The molecule has 98 valence electrons. The van der Waals surface area contributed by atoms with Crippen LogP contribution in [0.5, 0.6) is 0 Å². The highest BCUT2D eigenvalue weighted by atomic mass is 16.5. The fourth-order valence-corrected chi connectivity index (χ4v) is 1.70. The number of amides is 1. The Hall–Kier alpha value is -2.56. The van der Waals surface area contributed by atoms with Crippen LogP contribution in [0.1, 0.15) is 12.5 Å². The zero-order valence-corrected chi connectivity index (χ0v) is 10.3. The Morgan fingerprint density at radius 2 is 2.05 bits per heavy atom. The van der Waals surface area contributed by atoms with E-state index in [4.69, 9.17) is 4.74 Å². The Morgan fingerprint density at radius 3 is 2.68 bits per heavy atom. The second-order valence-electron chi connectivity index (χ2n) is 3.87. The average Bonchev–Trinajstić information content (AvgIpc) is 2.66. The number of carbonyl (C=O) groups is 2. The Kier molecular flexibility index (Phi) is 3.66. The summed E-state index contributed by atoms with van der Waals surface area (Å²) in [7, 11) is 0. The number of ether oxygens (including phenoxy) is 1. The first-order valence-electron chi connectivity index (χ1n) is 5.82. The van der Waals surface area contributed by atoms with Gasteiger partial charge in [-0.25, -0.2) is 4.79 Å². The third-order valence-corrected chi connectivity index (χ3v) is 2.56. The van der Waals surface area contributed by atoms with Gasteiger partial charge in [-0.2, -0.15) is 0 Å². The molecule has 0 spiro atoms. The second-order valence-corrected chi connectivity index (χ2v) is 3.87. The predicted molar refractivity (Wildman–Crippen MR) is 68.8 cm³/mol.